The highest BCUT2D eigenvalue weighted by Gasteiger charge is 2.43. The lowest BCUT2D eigenvalue weighted by atomic mass is 9.98. The molecule has 3 rings (SSSR count). The molecule has 1 heterocycles. The van der Waals surface area contributed by atoms with Crippen LogP contribution in [-0.4, -0.2) is 36.0 Å². The van der Waals surface area contributed by atoms with Gasteiger partial charge in [-0.1, -0.05) is 12.1 Å². The van der Waals surface area contributed by atoms with Crippen LogP contribution in [0, 0.1) is 0 Å². The molecule has 1 amide bonds. The topological polar surface area (TPSA) is 41.6 Å². The van der Waals surface area contributed by atoms with Crippen molar-refractivity contribution >= 4 is 5.91 Å². The number of nitrogens with zero attached hydrogens (tertiary/aromatic N) is 1. The second-order valence-corrected chi connectivity index (χ2v) is 6.37. The van der Waals surface area contributed by atoms with Gasteiger partial charge in [-0.15, -0.1) is 0 Å². The minimum absolute atomic E-state index is 0.262. The Bertz CT molecular complexity index is 502. The summed E-state index contributed by atoms with van der Waals surface area (Å²) in [6, 6.07) is 8.44. The van der Waals surface area contributed by atoms with Gasteiger partial charge in [-0.05, 0) is 56.8 Å². The van der Waals surface area contributed by atoms with E-state index in [0.717, 1.165) is 43.5 Å². The fourth-order valence-electron chi connectivity index (χ4n) is 3.07. The molecule has 0 aromatic heterocycles. The number of rotatable bonds is 5. The van der Waals surface area contributed by atoms with Gasteiger partial charge in [0.15, 0.2) is 0 Å². The largest absolute Gasteiger partial charge is 0.497 e. The Hall–Kier alpha value is -1.55. The van der Waals surface area contributed by atoms with E-state index < -0.39 is 0 Å². The molecule has 2 fully saturated rings. The summed E-state index contributed by atoms with van der Waals surface area (Å²) in [6.07, 6.45) is 4.30. The molecule has 0 radical (unpaired) electrons. The van der Waals surface area contributed by atoms with Crippen molar-refractivity contribution in [1.29, 1.82) is 0 Å². The van der Waals surface area contributed by atoms with Crippen LogP contribution < -0.4 is 10.1 Å². The Labute approximate surface area is 126 Å². The Morgan fingerprint density at radius 1 is 1.38 bits per heavy atom. The number of nitrogens with one attached hydrogen (secondary N) is 1. The van der Waals surface area contributed by atoms with Gasteiger partial charge in [-0.2, -0.15) is 0 Å². The summed E-state index contributed by atoms with van der Waals surface area (Å²) >= 11 is 0. The lowest BCUT2D eigenvalue weighted by Gasteiger charge is -2.32. The van der Waals surface area contributed by atoms with E-state index in [4.69, 9.17) is 4.74 Å². The van der Waals surface area contributed by atoms with Crippen molar-refractivity contribution < 1.29 is 9.53 Å². The third-order valence-electron chi connectivity index (χ3n) is 4.60. The zero-order valence-electron chi connectivity index (χ0n) is 12.9. The summed E-state index contributed by atoms with van der Waals surface area (Å²) in [5, 5.41) is 3.39. The zero-order valence-corrected chi connectivity index (χ0v) is 12.9. The van der Waals surface area contributed by atoms with E-state index in [9.17, 15) is 4.79 Å². The minimum Gasteiger partial charge on any atom is -0.497 e. The monoisotopic (exact) mass is 288 g/mol. The first kappa shape index (κ1) is 14.4. The van der Waals surface area contributed by atoms with Crippen molar-refractivity contribution in [3.63, 3.8) is 0 Å². The van der Waals surface area contributed by atoms with Crippen LogP contribution in [-0.2, 0) is 11.3 Å². The Morgan fingerprint density at radius 3 is 2.62 bits per heavy atom. The smallest absolute Gasteiger partial charge is 0.243 e. The molecule has 21 heavy (non-hydrogen) atoms. The van der Waals surface area contributed by atoms with Gasteiger partial charge in [0, 0.05) is 12.6 Å². The van der Waals surface area contributed by atoms with Gasteiger partial charge in [0.05, 0.1) is 12.6 Å². The molecule has 1 saturated heterocycles. The second-order valence-electron chi connectivity index (χ2n) is 6.37. The van der Waals surface area contributed by atoms with Crippen molar-refractivity contribution in [2.75, 3.05) is 13.7 Å². The van der Waals surface area contributed by atoms with Crippen LogP contribution in [0.1, 0.15) is 38.2 Å². The lowest BCUT2D eigenvalue weighted by molar-refractivity contribution is -0.138. The number of ether oxygens (including phenoxy) is 1. The lowest BCUT2D eigenvalue weighted by Crippen LogP contribution is -2.53. The van der Waals surface area contributed by atoms with E-state index in [1.165, 1.54) is 0 Å². The fourth-order valence-corrected chi connectivity index (χ4v) is 3.07. The molecule has 0 spiro atoms. The molecule has 114 valence electrons. The van der Waals surface area contributed by atoms with Gasteiger partial charge >= 0.3 is 0 Å². The van der Waals surface area contributed by atoms with E-state index in [-0.39, 0.29) is 11.4 Å². The first-order chi connectivity index (χ1) is 10.1. The van der Waals surface area contributed by atoms with Crippen LogP contribution >= 0.6 is 0 Å². The van der Waals surface area contributed by atoms with Gasteiger partial charge in [0.2, 0.25) is 5.91 Å². The molecule has 2 aliphatic rings. The van der Waals surface area contributed by atoms with Crippen molar-refractivity contribution in [2.45, 2.75) is 50.7 Å². The van der Waals surface area contributed by atoms with E-state index >= 15 is 0 Å². The van der Waals surface area contributed by atoms with E-state index in [1.807, 2.05) is 31.2 Å². The van der Waals surface area contributed by atoms with Crippen LogP contribution in [0.15, 0.2) is 24.3 Å². The van der Waals surface area contributed by atoms with Crippen molar-refractivity contribution in [1.82, 2.24) is 10.2 Å². The van der Waals surface area contributed by atoms with Gasteiger partial charge in [-0.3, -0.25) is 4.79 Å². The van der Waals surface area contributed by atoms with Crippen LogP contribution in [0.2, 0.25) is 0 Å². The standard InChI is InChI=1S/C17H24N2O2/c1-17(10-3-11-18-17)16(20)19(14-6-7-14)12-13-4-8-15(21-2)9-5-13/h4-5,8-9,14,18H,3,6-7,10-12H2,1-2H3. The van der Waals surface area contributed by atoms with E-state index in [1.54, 1.807) is 7.11 Å². The van der Waals surface area contributed by atoms with E-state index in [0.29, 0.717) is 12.6 Å². The third-order valence-corrected chi connectivity index (χ3v) is 4.60. The normalized spacial score (nSPS) is 24.9. The summed E-state index contributed by atoms with van der Waals surface area (Å²) < 4.78 is 5.19. The molecular weight excluding hydrogens is 264 g/mol. The number of methoxy groups -OCH3 is 1. The van der Waals surface area contributed by atoms with Crippen molar-refractivity contribution in [3.8, 4) is 5.75 Å². The molecule has 1 atom stereocenters. The van der Waals surface area contributed by atoms with Gasteiger partial charge in [0.1, 0.15) is 5.75 Å². The molecule has 1 aromatic rings. The predicted octanol–water partition coefficient (Wildman–Crippen LogP) is 2.33. The summed E-state index contributed by atoms with van der Waals surface area (Å²) in [6.45, 7) is 3.69. The first-order valence-corrected chi connectivity index (χ1v) is 7.81. The Kier molecular flexibility index (Phi) is 3.89. The zero-order chi connectivity index (χ0) is 14.9. The van der Waals surface area contributed by atoms with E-state index in [2.05, 4.69) is 10.2 Å². The molecule has 4 heteroatoms. The quantitative estimate of drug-likeness (QED) is 0.904. The number of hydrogen-bond acceptors (Lipinski definition) is 3. The molecule has 1 aromatic carbocycles. The highest BCUT2D eigenvalue weighted by Crippen LogP contribution is 2.32. The molecule has 1 aliphatic heterocycles. The van der Waals surface area contributed by atoms with Crippen LogP contribution in [0.4, 0.5) is 0 Å². The Balaban J connectivity index is 1.73. The summed E-state index contributed by atoms with van der Waals surface area (Å²) in [4.78, 5) is 15.0. The molecular formula is C17H24N2O2. The number of hydrogen-bond donors (Lipinski definition) is 1. The van der Waals surface area contributed by atoms with Gasteiger partial charge < -0.3 is 15.0 Å². The molecule has 1 saturated carbocycles. The maximum atomic E-state index is 12.9. The highest BCUT2D eigenvalue weighted by atomic mass is 16.5. The van der Waals surface area contributed by atoms with Crippen molar-refractivity contribution in [3.05, 3.63) is 29.8 Å². The molecule has 4 nitrogen and oxygen atoms in total. The van der Waals surface area contributed by atoms with Gasteiger partial charge in [-0.25, -0.2) is 0 Å². The maximum Gasteiger partial charge on any atom is 0.243 e. The molecule has 1 unspecified atom stereocenters. The fraction of sp³-hybridized carbons (Fsp3) is 0.588. The summed E-state index contributed by atoms with van der Waals surface area (Å²) in [5.74, 6) is 1.12. The minimum atomic E-state index is -0.366. The molecule has 1 aliphatic carbocycles. The number of carbonyl (C=O) groups excluding carboxylic acids is 1. The van der Waals surface area contributed by atoms with Crippen LogP contribution in [0.3, 0.4) is 0 Å². The van der Waals surface area contributed by atoms with Crippen LogP contribution in [0.25, 0.3) is 0 Å². The summed E-state index contributed by atoms with van der Waals surface area (Å²) in [7, 11) is 1.67. The SMILES string of the molecule is COc1ccc(CN(C(=O)C2(C)CCCN2)C2CC2)cc1. The third kappa shape index (κ3) is 3.05. The first-order valence-electron chi connectivity index (χ1n) is 7.81. The van der Waals surface area contributed by atoms with Crippen molar-refractivity contribution in [2.24, 2.45) is 0 Å². The predicted molar refractivity (Wildman–Crippen MR) is 82.2 cm³/mol. The maximum absolute atomic E-state index is 12.9. The number of carbonyl (C=O) groups is 1. The highest BCUT2D eigenvalue weighted by molar-refractivity contribution is 5.86. The number of amides is 1. The molecule has 0 bridgehead atoms. The average Bonchev–Trinajstić information content (AvgIpc) is 3.26. The van der Waals surface area contributed by atoms with Gasteiger partial charge in [0.25, 0.3) is 0 Å². The molecule has 1 N–H and O–H groups in total. The second kappa shape index (κ2) is 5.68. The average molecular weight is 288 g/mol. The Morgan fingerprint density at radius 2 is 2.10 bits per heavy atom. The van der Waals surface area contributed by atoms with Crippen LogP contribution in [0.5, 0.6) is 5.75 Å². The summed E-state index contributed by atoms with van der Waals surface area (Å²) in [5.41, 5.74) is 0.798. The number of benzene rings is 1.